The molecule has 1 amide bonds. The average Bonchev–Trinajstić information content (AvgIpc) is 3.00. The minimum absolute atomic E-state index is 0.0370. The van der Waals surface area contributed by atoms with Gasteiger partial charge in [-0.1, -0.05) is 11.8 Å². The number of piperidine rings is 1. The molecule has 0 aromatic carbocycles. The predicted molar refractivity (Wildman–Crippen MR) is 89.4 cm³/mol. The summed E-state index contributed by atoms with van der Waals surface area (Å²) in [6.07, 6.45) is 11.1. The van der Waals surface area contributed by atoms with E-state index in [0.717, 1.165) is 38.3 Å². The van der Waals surface area contributed by atoms with E-state index in [1.165, 1.54) is 11.8 Å². The highest BCUT2D eigenvalue weighted by Crippen LogP contribution is 2.21. The third-order valence-electron chi connectivity index (χ3n) is 4.34. The molecule has 1 fully saturated rings. The van der Waals surface area contributed by atoms with Gasteiger partial charge in [-0.15, -0.1) is 0 Å². The normalized spacial score (nSPS) is 15.8. The van der Waals surface area contributed by atoms with E-state index in [0.29, 0.717) is 16.6 Å². The van der Waals surface area contributed by atoms with Gasteiger partial charge in [0.1, 0.15) is 5.82 Å². The fourth-order valence-electron chi connectivity index (χ4n) is 2.91. The topological polar surface area (TPSA) is 63.9 Å². The number of rotatable bonds is 4. The van der Waals surface area contributed by atoms with Gasteiger partial charge in [0.25, 0.3) is 5.91 Å². The van der Waals surface area contributed by atoms with Gasteiger partial charge in [0, 0.05) is 44.4 Å². The molecule has 23 heavy (non-hydrogen) atoms. The molecule has 3 heterocycles. The summed E-state index contributed by atoms with van der Waals surface area (Å²) in [5.41, 5.74) is 0.576. The Labute approximate surface area is 140 Å². The lowest BCUT2D eigenvalue weighted by Crippen LogP contribution is -2.39. The summed E-state index contributed by atoms with van der Waals surface area (Å²) in [5.74, 6) is 1.69. The Balaban J connectivity index is 1.55. The van der Waals surface area contributed by atoms with Gasteiger partial charge in [-0.2, -0.15) is 0 Å². The first kappa shape index (κ1) is 16.0. The summed E-state index contributed by atoms with van der Waals surface area (Å²) < 4.78 is 2.19. The molecule has 1 aliphatic heterocycles. The maximum atomic E-state index is 12.5. The third kappa shape index (κ3) is 3.72. The van der Waals surface area contributed by atoms with E-state index < -0.39 is 0 Å². The Morgan fingerprint density at radius 2 is 1.96 bits per heavy atom. The number of carbonyl (C=O) groups is 1. The Morgan fingerprint density at radius 1 is 1.26 bits per heavy atom. The quantitative estimate of drug-likeness (QED) is 0.635. The van der Waals surface area contributed by atoms with Gasteiger partial charge in [-0.05, 0) is 31.9 Å². The lowest BCUT2D eigenvalue weighted by Gasteiger charge is -2.32. The Kier molecular flexibility index (Phi) is 4.95. The number of hydrogen-bond acceptors (Lipinski definition) is 5. The summed E-state index contributed by atoms with van der Waals surface area (Å²) >= 11 is 1.47. The second-order valence-electron chi connectivity index (χ2n) is 5.82. The van der Waals surface area contributed by atoms with Crippen molar-refractivity contribution in [3.63, 3.8) is 0 Å². The summed E-state index contributed by atoms with van der Waals surface area (Å²) in [6, 6.07) is 0. The third-order valence-corrected chi connectivity index (χ3v) is 4.91. The van der Waals surface area contributed by atoms with Crippen molar-refractivity contribution in [3.8, 4) is 0 Å². The van der Waals surface area contributed by atoms with E-state index in [4.69, 9.17) is 0 Å². The first-order chi connectivity index (χ1) is 11.2. The van der Waals surface area contributed by atoms with Crippen LogP contribution in [0.15, 0.2) is 29.9 Å². The number of amides is 1. The molecule has 0 saturated carbocycles. The average molecular weight is 331 g/mol. The second-order valence-corrected chi connectivity index (χ2v) is 6.59. The van der Waals surface area contributed by atoms with E-state index in [9.17, 15) is 4.79 Å². The molecule has 122 valence electrons. The van der Waals surface area contributed by atoms with Crippen molar-refractivity contribution < 1.29 is 4.79 Å². The number of likely N-dealkylation sites (tertiary alicyclic amines) is 1. The predicted octanol–water partition coefficient (Wildman–Crippen LogP) is 2.26. The maximum Gasteiger partial charge on any atom is 0.256 e. The summed E-state index contributed by atoms with van der Waals surface area (Å²) in [4.78, 5) is 27.0. The van der Waals surface area contributed by atoms with Gasteiger partial charge in [0.15, 0.2) is 5.16 Å². The van der Waals surface area contributed by atoms with Crippen molar-refractivity contribution in [3.05, 3.63) is 36.2 Å². The first-order valence-corrected chi connectivity index (χ1v) is 9.03. The number of aromatic nitrogens is 4. The number of aryl methyl sites for hydroxylation is 1. The van der Waals surface area contributed by atoms with E-state index in [1.807, 2.05) is 30.5 Å². The first-order valence-electron chi connectivity index (χ1n) is 7.80. The molecule has 0 N–H and O–H groups in total. The number of imidazole rings is 1. The van der Waals surface area contributed by atoms with Crippen molar-refractivity contribution in [2.75, 3.05) is 19.3 Å². The molecule has 0 atom stereocenters. The van der Waals surface area contributed by atoms with Crippen molar-refractivity contribution >= 4 is 17.7 Å². The van der Waals surface area contributed by atoms with Crippen LogP contribution in [0.1, 0.15) is 29.0 Å². The van der Waals surface area contributed by atoms with Gasteiger partial charge < -0.3 is 9.47 Å². The number of carbonyl (C=O) groups excluding carboxylic acids is 1. The Morgan fingerprint density at radius 3 is 2.52 bits per heavy atom. The van der Waals surface area contributed by atoms with Crippen LogP contribution in [0, 0.1) is 12.8 Å². The number of hydrogen-bond donors (Lipinski definition) is 0. The standard InChI is InChI=1S/C16H21N5OS/c1-12-17-5-8-21(12)11-13-3-6-20(7-4-13)15(22)14-9-18-16(23-2)19-10-14/h5,8-10,13H,3-4,6-7,11H2,1-2H3. The van der Waals surface area contributed by atoms with Crippen molar-refractivity contribution in [1.29, 1.82) is 0 Å². The zero-order chi connectivity index (χ0) is 16.2. The fraction of sp³-hybridized carbons (Fsp3) is 0.500. The molecule has 2 aromatic heterocycles. The van der Waals surface area contributed by atoms with Crippen molar-refractivity contribution in [2.45, 2.75) is 31.5 Å². The minimum Gasteiger partial charge on any atom is -0.339 e. The van der Waals surface area contributed by atoms with Crippen LogP contribution in [0.5, 0.6) is 0 Å². The van der Waals surface area contributed by atoms with Gasteiger partial charge in [0.05, 0.1) is 5.56 Å². The molecule has 7 heteroatoms. The van der Waals surface area contributed by atoms with Crippen LogP contribution >= 0.6 is 11.8 Å². The largest absolute Gasteiger partial charge is 0.339 e. The van der Waals surface area contributed by atoms with E-state index in [-0.39, 0.29) is 5.91 Å². The molecular formula is C16H21N5OS. The molecule has 0 unspecified atom stereocenters. The van der Waals surface area contributed by atoms with Crippen LogP contribution in [0.2, 0.25) is 0 Å². The van der Waals surface area contributed by atoms with Gasteiger partial charge in [0.2, 0.25) is 0 Å². The molecular weight excluding hydrogens is 310 g/mol. The van der Waals surface area contributed by atoms with Crippen LogP contribution in [-0.2, 0) is 6.54 Å². The number of thioether (sulfide) groups is 1. The molecule has 0 aliphatic carbocycles. The van der Waals surface area contributed by atoms with Gasteiger partial charge in [-0.25, -0.2) is 15.0 Å². The van der Waals surface area contributed by atoms with Gasteiger partial charge >= 0.3 is 0 Å². The van der Waals surface area contributed by atoms with Crippen LogP contribution in [0.4, 0.5) is 0 Å². The number of nitrogens with zero attached hydrogens (tertiary/aromatic N) is 5. The van der Waals surface area contributed by atoms with Crippen LogP contribution in [0.25, 0.3) is 0 Å². The van der Waals surface area contributed by atoms with Crippen LogP contribution in [-0.4, -0.2) is 49.7 Å². The van der Waals surface area contributed by atoms with Gasteiger partial charge in [-0.3, -0.25) is 4.79 Å². The highest BCUT2D eigenvalue weighted by Gasteiger charge is 2.24. The van der Waals surface area contributed by atoms with Crippen LogP contribution in [0.3, 0.4) is 0 Å². The zero-order valence-corrected chi connectivity index (χ0v) is 14.3. The second kappa shape index (κ2) is 7.12. The highest BCUT2D eigenvalue weighted by molar-refractivity contribution is 7.98. The molecule has 0 radical (unpaired) electrons. The molecule has 1 saturated heterocycles. The van der Waals surface area contributed by atoms with E-state index in [1.54, 1.807) is 12.4 Å². The zero-order valence-electron chi connectivity index (χ0n) is 13.5. The minimum atomic E-state index is 0.0370. The molecule has 0 spiro atoms. The van der Waals surface area contributed by atoms with Crippen molar-refractivity contribution in [1.82, 2.24) is 24.4 Å². The summed E-state index contributed by atoms with van der Waals surface area (Å²) in [5, 5.41) is 0.691. The molecule has 1 aliphatic rings. The Hall–Kier alpha value is -1.89. The summed E-state index contributed by atoms with van der Waals surface area (Å²) in [7, 11) is 0. The SMILES string of the molecule is CSc1ncc(C(=O)N2CCC(Cn3ccnc3C)CC2)cn1. The molecule has 3 rings (SSSR count). The van der Waals surface area contributed by atoms with E-state index >= 15 is 0 Å². The monoisotopic (exact) mass is 331 g/mol. The van der Waals surface area contributed by atoms with Crippen LogP contribution < -0.4 is 0 Å². The molecule has 2 aromatic rings. The lowest BCUT2D eigenvalue weighted by atomic mass is 9.96. The Bertz CT molecular complexity index is 661. The molecule has 0 bridgehead atoms. The lowest BCUT2D eigenvalue weighted by molar-refractivity contribution is 0.0681. The molecule has 6 nitrogen and oxygen atoms in total. The fourth-order valence-corrected chi connectivity index (χ4v) is 3.22. The van der Waals surface area contributed by atoms with Crippen molar-refractivity contribution in [2.24, 2.45) is 5.92 Å². The summed E-state index contributed by atoms with van der Waals surface area (Å²) in [6.45, 7) is 4.60. The highest BCUT2D eigenvalue weighted by atomic mass is 32.2. The van der Waals surface area contributed by atoms with E-state index in [2.05, 4.69) is 19.5 Å². The smallest absolute Gasteiger partial charge is 0.256 e. The maximum absolute atomic E-state index is 12.5.